The molecule has 2 amide bonds. The molecule has 0 fully saturated rings. The van der Waals surface area contributed by atoms with Crippen LogP contribution in [0.5, 0.6) is 0 Å². The summed E-state index contributed by atoms with van der Waals surface area (Å²) >= 11 is 0. The molecule has 53 heavy (non-hydrogen) atoms. The van der Waals surface area contributed by atoms with Crippen LogP contribution < -0.4 is 10.6 Å². The highest BCUT2D eigenvalue weighted by Crippen LogP contribution is 2.34. The van der Waals surface area contributed by atoms with Gasteiger partial charge in [-0.1, -0.05) is 53.2 Å². The minimum absolute atomic E-state index is 0.0249. The van der Waals surface area contributed by atoms with Crippen molar-refractivity contribution >= 4 is 30.3 Å². The largest absolute Gasteiger partial charge is 0.481 e. The number of carbonyl (C=O) groups excluding carboxylic acids is 3. The second-order valence-corrected chi connectivity index (χ2v) is 15.4. The Balaban J connectivity index is 3.27. The molecule has 0 heterocycles. The molecule has 12 heteroatoms. The monoisotopic (exact) mass is 749 g/mol. The van der Waals surface area contributed by atoms with Crippen molar-refractivity contribution in [2.45, 2.75) is 110 Å². The van der Waals surface area contributed by atoms with Gasteiger partial charge in [0, 0.05) is 65.0 Å². The van der Waals surface area contributed by atoms with Gasteiger partial charge in [0.1, 0.15) is 6.29 Å². The number of hydrogen-bond acceptors (Lipinski definition) is 9. The molecular weight excluding hydrogens is 676 g/mol. The molecule has 0 aliphatic heterocycles. The first-order valence-corrected chi connectivity index (χ1v) is 19.5. The Kier molecular flexibility index (Phi) is 23.4. The lowest BCUT2D eigenvalue weighted by atomic mass is 9.76. The molecule has 0 saturated carbocycles. The number of carboxylic acid groups (broad SMARTS) is 1. The van der Waals surface area contributed by atoms with E-state index in [4.69, 9.17) is 14.6 Å². The summed E-state index contributed by atoms with van der Waals surface area (Å²) in [5.74, 6) is -1.45. The van der Waals surface area contributed by atoms with Crippen molar-refractivity contribution in [1.82, 2.24) is 15.1 Å². The summed E-state index contributed by atoms with van der Waals surface area (Å²) in [6.45, 7) is 11.5. The highest BCUT2D eigenvalue weighted by Gasteiger charge is 2.39. The Morgan fingerprint density at radius 3 is 2.09 bits per heavy atom. The number of aliphatic hydroxyl groups is 1. The molecule has 0 spiro atoms. The third kappa shape index (κ3) is 16.1. The van der Waals surface area contributed by atoms with Crippen LogP contribution in [0, 0.1) is 35.5 Å². The number of methoxy groups -OCH3 is 2. The van der Waals surface area contributed by atoms with Gasteiger partial charge >= 0.3 is 5.97 Å². The lowest BCUT2D eigenvalue weighted by Crippen LogP contribution is -2.52. The first kappa shape index (κ1) is 48.0. The third-order valence-electron chi connectivity index (χ3n) is 11.3. The zero-order valence-corrected chi connectivity index (χ0v) is 34.3. The number of amides is 2. The second-order valence-electron chi connectivity index (χ2n) is 15.4. The summed E-state index contributed by atoms with van der Waals surface area (Å²) in [4.78, 5) is 53.0. The molecule has 0 saturated heterocycles. The molecule has 9 unspecified atom stereocenters. The number of hydrogen-bond donors (Lipinski definition) is 4. The van der Waals surface area contributed by atoms with Crippen LogP contribution in [0.1, 0.15) is 85.1 Å². The number of aliphatic carboxylic acids is 1. The zero-order valence-electron chi connectivity index (χ0n) is 34.3. The summed E-state index contributed by atoms with van der Waals surface area (Å²) in [5.41, 5.74) is 1.84. The van der Waals surface area contributed by atoms with Crippen LogP contribution in [0.3, 0.4) is 0 Å². The Hall–Kier alpha value is -3.06. The number of benzene rings is 1. The van der Waals surface area contributed by atoms with Gasteiger partial charge in [0.05, 0.1) is 24.2 Å². The van der Waals surface area contributed by atoms with E-state index in [9.17, 15) is 24.3 Å². The van der Waals surface area contributed by atoms with Gasteiger partial charge in [-0.25, -0.2) is 0 Å². The number of rotatable bonds is 30. The Bertz CT molecular complexity index is 1170. The maximum absolute atomic E-state index is 13.8. The average molecular weight is 749 g/mol. The van der Waals surface area contributed by atoms with E-state index < -0.39 is 11.9 Å². The lowest BCUT2D eigenvalue weighted by Gasteiger charge is -2.42. The normalized spacial score (nSPS) is 16.8. The van der Waals surface area contributed by atoms with Gasteiger partial charge < -0.3 is 44.9 Å². The van der Waals surface area contributed by atoms with Crippen molar-refractivity contribution in [2.24, 2.45) is 35.5 Å². The minimum atomic E-state index is -0.912. The molecule has 1 aromatic rings. The zero-order chi connectivity index (χ0) is 40.1. The topological polar surface area (TPSA) is 158 Å². The molecule has 12 nitrogen and oxygen atoms in total. The standard InChI is InChI=1S/C41H72N4O8/c1-11-29(4)39(45(8)38(49)25-36(28(2)3)44(6)7)37(52-9)24-33(13-12-20-42-27-48)40(53-10)30(5)34(26-47)23-31-14-16-35(17-15-31)43-21-18-32(19-22-46)41(50)51/h14-17,26-30,32-34,36-37,39-40,43,46H,11-13,18-25H2,1-10H3,(H,42,48)(H,50,51). The highest BCUT2D eigenvalue weighted by atomic mass is 16.5. The fraction of sp³-hybridized carbons (Fsp3) is 0.756. The van der Waals surface area contributed by atoms with Gasteiger partial charge in [0.15, 0.2) is 0 Å². The maximum Gasteiger partial charge on any atom is 0.306 e. The summed E-state index contributed by atoms with van der Waals surface area (Å²) in [6.07, 6.45) is 5.63. The van der Waals surface area contributed by atoms with Gasteiger partial charge in [-0.3, -0.25) is 14.4 Å². The van der Waals surface area contributed by atoms with Crippen molar-refractivity contribution < 1.29 is 38.9 Å². The molecule has 4 N–H and O–H groups in total. The van der Waals surface area contributed by atoms with Gasteiger partial charge in [-0.2, -0.15) is 0 Å². The van der Waals surface area contributed by atoms with Crippen LogP contribution in [0.25, 0.3) is 0 Å². The summed E-state index contributed by atoms with van der Waals surface area (Å²) in [7, 11) is 9.32. The van der Waals surface area contributed by atoms with E-state index in [1.54, 1.807) is 14.2 Å². The predicted octanol–water partition coefficient (Wildman–Crippen LogP) is 4.98. The number of anilines is 1. The van der Waals surface area contributed by atoms with E-state index in [-0.39, 0.29) is 66.9 Å². The van der Waals surface area contributed by atoms with E-state index in [0.717, 1.165) is 36.8 Å². The number of carboxylic acids is 1. The first-order chi connectivity index (χ1) is 25.2. The molecule has 0 radical (unpaired) electrons. The van der Waals surface area contributed by atoms with E-state index >= 15 is 0 Å². The smallest absolute Gasteiger partial charge is 0.306 e. The van der Waals surface area contributed by atoms with Crippen molar-refractivity contribution in [3.63, 3.8) is 0 Å². The van der Waals surface area contributed by atoms with Crippen molar-refractivity contribution in [3.05, 3.63) is 29.8 Å². The van der Waals surface area contributed by atoms with Crippen LogP contribution in [0.4, 0.5) is 5.69 Å². The Morgan fingerprint density at radius 1 is 0.943 bits per heavy atom. The number of aldehydes is 1. The molecule has 304 valence electrons. The van der Waals surface area contributed by atoms with Crippen LogP contribution in [0.15, 0.2) is 24.3 Å². The van der Waals surface area contributed by atoms with Crippen molar-refractivity contribution in [1.29, 1.82) is 0 Å². The molecule has 9 atom stereocenters. The predicted molar refractivity (Wildman–Crippen MR) is 211 cm³/mol. The molecule has 0 aliphatic carbocycles. The summed E-state index contributed by atoms with van der Waals surface area (Å²) in [6, 6.07) is 7.75. The van der Waals surface area contributed by atoms with Crippen molar-refractivity contribution in [2.75, 3.05) is 60.4 Å². The minimum Gasteiger partial charge on any atom is -0.481 e. The van der Waals surface area contributed by atoms with Crippen LogP contribution in [0.2, 0.25) is 0 Å². The number of nitrogens with zero attached hydrogens (tertiary/aromatic N) is 2. The number of nitrogens with one attached hydrogen (secondary N) is 2. The lowest BCUT2D eigenvalue weighted by molar-refractivity contribution is -0.142. The second kappa shape index (κ2) is 25.9. The van der Waals surface area contributed by atoms with Gasteiger partial charge in [-0.15, -0.1) is 0 Å². The molecule has 0 aliphatic rings. The summed E-state index contributed by atoms with van der Waals surface area (Å²) in [5, 5.41) is 24.5. The van der Waals surface area contributed by atoms with Crippen LogP contribution in [-0.4, -0.2) is 124 Å². The highest BCUT2D eigenvalue weighted by molar-refractivity contribution is 5.77. The first-order valence-electron chi connectivity index (χ1n) is 19.5. The van der Waals surface area contributed by atoms with Crippen molar-refractivity contribution in [3.8, 4) is 0 Å². The quantitative estimate of drug-likeness (QED) is 0.0625. The summed E-state index contributed by atoms with van der Waals surface area (Å²) < 4.78 is 12.5. The van der Waals surface area contributed by atoms with Crippen LogP contribution >= 0.6 is 0 Å². The average Bonchev–Trinajstić information content (AvgIpc) is 3.13. The molecule has 1 rings (SSSR count). The fourth-order valence-corrected chi connectivity index (χ4v) is 7.76. The fourth-order valence-electron chi connectivity index (χ4n) is 7.76. The van der Waals surface area contributed by atoms with Gasteiger partial charge in [-0.05, 0) is 94.0 Å². The maximum atomic E-state index is 13.8. The third-order valence-corrected chi connectivity index (χ3v) is 11.3. The van der Waals surface area contributed by atoms with Gasteiger partial charge in [0.2, 0.25) is 12.3 Å². The van der Waals surface area contributed by atoms with E-state index in [2.05, 4.69) is 50.2 Å². The van der Waals surface area contributed by atoms with E-state index in [1.807, 2.05) is 50.3 Å². The van der Waals surface area contributed by atoms with Crippen LogP contribution in [-0.2, 0) is 35.1 Å². The number of carbonyl (C=O) groups is 4. The molecular formula is C41H72N4O8. The molecule has 1 aromatic carbocycles. The molecule has 0 bridgehead atoms. The molecule has 0 aromatic heterocycles. The SMILES string of the molecule is CCC(C)C(C(CC(CCCNC=O)C(OC)C(C)C(C=O)Cc1ccc(NCCC(CCO)C(=O)O)cc1)OC)N(C)C(=O)CC(C(C)C)N(C)C. The number of likely N-dealkylation sites (N-methyl/N-ethyl adjacent to an activating group) is 1. The number of ether oxygens (including phenoxy) is 2. The van der Waals surface area contributed by atoms with E-state index in [0.29, 0.717) is 51.1 Å². The van der Waals surface area contributed by atoms with Gasteiger partial charge in [0.25, 0.3) is 0 Å². The Morgan fingerprint density at radius 2 is 1.60 bits per heavy atom. The number of aliphatic hydroxyl groups excluding tert-OH is 1. The van der Waals surface area contributed by atoms with E-state index in [1.165, 1.54) is 0 Å². The Labute approximate surface area is 319 Å².